The molecule has 0 atom stereocenters. The lowest BCUT2D eigenvalue weighted by Gasteiger charge is -2.11. The molecule has 0 bridgehead atoms. The second kappa shape index (κ2) is 8.62. The van der Waals surface area contributed by atoms with E-state index in [1.54, 1.807) is 11.3 Å². The van der Waals surface area contributed by atoms with Crippen molar-refractivity contribution in [2.45, 2.75) is 0 Å². The van der Waals surface area contributed by atoms with Gasteiger partial charge in [0.25, 0.3) is 0 Å². The lowest BCUT2D eigenvalue weighted by molar-refractivity contribution is 1.06. The molecular weight excluding hydrogens is 520 g/mol. The molecule has 0 fully saturated rings. The van der Waals surface area contributed by atoms with Gasteiger partial charge in [-0.1, -0.05) is 78.9 Å². The topological polar surface area (TPSA) is 35.6 Å². The Labute approximate surface area is 239 Å². The minimum absolute atomic E-state index is 0.867. The molecule has 41 heavy (non-hydrogen) atoms. The first-order valence-electron chi connectivity index (χ1n) is 13.7. The molecule has 4 aromatic carbocycles. The summed E-state index contributed by atoms with van der Waals surface area (Å²) in [5.41, 5.74) is 7.59. The first-order valence-corrected chi connectivity index (χ1v) is 14.6. The zero-order valence-electron chi connectivity index (χ0n) is 21.9. The molecule has 5 aromatic heterocycles. The Bertz CT molecular complexity index is 2390. The Hall–Kier alpha value is -5.26. The quantitative estimate of drug-likeness (QED) is 0.223. The van der Waals surface area contributed by atoms with Gasteiger partial charge >= 0.3 is 0 Å². The van der Waals surface area contributed by atoms with E-state index in [0.29, 0.717) is 0 Å². The fourth-order valence-electron chi connectivity index (χ4n) is 6.30. The van der Waals surface area contributed by atoms with Crippen LogP contribution in [0.5, 0.6) is 0 Å². The van der Waals surface area contributed by atoms with Crippen molar-refractivity contribution in [1.29, 1.82) is 0 Å². The number of para-hydroxylation sites is 2. The van der Waals surface area contributed by atoms with E-state index >= 15 is 0 Å². The molecule has 4 nitrogen and oxygen atoms in total. The van der Waals surface area contributed by atoms with E-state index in [4.69, 9.17) is 9.97 Å². The van der Waals surface area contributed by atoms with Gasteiger partial charge in [0.15, 0.2) is 0 Å². The molecule has 0 saturated heterocycles. The predicted octanol–water partition coefficient (Wildman–Crippen LogP) is 9.55. The van der Waals surface area contributed by atoms with Crippen LogP contribution in [0.15, 0.2) is 132 Å². The van der Waals surface area contributed by atoms with Crippen LogP contribution in [0.2, 0.25) is 0 Å². The predicted molar refractivity (Wildman–Crippen MR) is 172 cm³/mol. The number of rotatable bonds is 3. The number of thiophene rings is 1. The summed E-state index contributed by atoms with van der Waals surface area (Å²) in [6, 6.07) is 40.6. The van der Waals surface area contributed by atoms with Crippen LogP contribution >= 0.6 is 11.3 Å². The third kappa shape index (κ3) is 3.27. The van der Waals surface area contributed by atoms with Gasteiger partial charge in [0.05, 0.1) is 22.2 Å². The second-order valence-corrected chi connectivity index (χ2v) is 11.1. The summed E-state index contributed by atoms with van der Waals surface area (Å²) in [4.78, 5) is 10.1. The van der Waals surface area contributed by atoms with Gasteiger partial charge in [-0.25, -0.2) is 9.97 Å². The number of benzene rings is 4. The van der Waals surface area contributed by atoms with Crippen LogP contribution in [0, 0.1) is 0 Å². The molecule has 0 saturated carbocycles. The van der Waals surface area contributed by atoms with Crippen molar-refractivity contribution < 1.29 is 0 Å². The van der Waals surface area contributed by atoms with Crippen LogP contribution in [-0.4, -0.2) is 19.1 Å². The number of aromatic nitrogens is 4. The first-order chi connectivity index (χ1) is 20.3. The minimum atomic E-state index is 0.867. The normalized spacial score (nSPS) is 11.9. The van der Waals surface area contributed by atoms with Crippen LogP contribution in [-0.2, 0) is 0 Å². The van der Waals surface area contributed by atoms with Gasteiger partial charge in [0, 0.05) is 55.1 Å². The highest BCUT2D eigenvalue weighted by atomic mass is 32.1. The summed E-state index contributed by atoms with van der Waals surface area (Å²) in [6.07, 6.45) is 1.97. The molecular formula is C36H22N4S. The van der Waals surface area contributed by atoms with Gasteiger partial charge in [-0.15, -0.1) is 11.3 Å². The average Bonchev–Trinajstić information content (AvgIpc) is 3.72. The molecule has 0 aliphatic carbocycles. The van der Waals surface area contributed by atoms with Crippen molar-refractivity contribution in [3.63, 3.8) is 0 Å². The third-order valence-corrected chi connectivity index (χ3v) is 8.82. The van der Waals surface area contributed by atoms with Crippen molar-refractivity contribution in [2.24, 2.45) is 0 Å². The number of nitrogens with zero attached hydrogens (tertiary/aromatic N) is 4. The molecule has 9 rings (SSSR count). The summed E-state index contributed by atoms with van der Waals surface area (Å²) in [5.74, 6) is 0.867. The molecule has 0 aliphatic heterocycles. The highest BCUT2D eigenvalue weighted by molar-refractivity contribution is 7.09. The zero-order valence-corrected chi connectivity index (χ0v) is 22.7. The molecule has 9 aromatic rings. The summed E-state index contributed by atoms with van der Waals surface area (Å²) in [6.45, 7) is 0. The Morgan fingerprint density at radius 3 is 2.12 bits per heavy atom. The van der Waals surface area contributed by atoms with Crippen LogP contribution in [0.1, 0.15) is 0 Å². The average molecular weight is 543 g/mol. The van der Waals surface area contributed by atoms with Gasteiger partial charge in [-0.05, 0) is 41.8 Å². The number of hydrogen-bond acceptors (Lipinski definition) is 3. The lowest BCUT2D eigenvalue weighted by atomic mass is 10.1. The van der Waals surface area contributed by atoms with E-state index in [-0.39, 0.29) is 0 Å². The summed E-state index contributed by atoms with van der Waals surface area (Å²) in [7, 11) is 0. The minimum Gasteiger partial charge on any atom is -0.309 e. The van der Waals surface area contributed by atoms with E-state index in [1.807, 2.05) is 6.20 Å². The van der Waals surface area contributed by atoms with Gasteiger partial charge in [0.1, 0.15) is 11.5 Å². The van der Waals surface area contributed by atoms with E-state index in [2.05, 4.69) is 135 Å². The highest BCUT2D eigenvalue weighted by Crippen LogP contribution is 2.38. The van der Waals surface area contributed by atoms with Crippen LogP contribution in [0.25, 0.3) is 77.3 Å². The van der Waals surface area contributed by atoms with Gasteiger partial charge in [0.2, 0.25) is 0 Å². The highest BCUT2D eigenvalue weighted by Gasteiger charge is 2.18. The fourth-order valence-corrected chi connectivity index (χ4v) is 7.10. The van der Waals surface area contributed by atoms with Crippen LogP contribution in [0.3, 0.4) is 0 Å². The van der Waals surface area contributed by atoms with E-state index in [9.17, 15) is 0 Å². The molecule has 0 unspecified atom stereocenters. The summed E-state index contributed by atoms with van der Waals surface area (Å²) < 4.78 is 4.55. The zero-order chi connectivity index (χ0) is 26.9. The van der Waals surface area contributed by atoms with Crippen molar-refractivity contribution in [3.8, 4) is 22.8 Å². The Balaban J connectivity index is 1.24. The maximum absolute atomic E-state index is 5.21. The second-order valence-electron chi connectivity index (χ2n) is 10.4. The molecule has 0 amide bonds. The van der Waals surface area contributed by atoms with Crippen LogP contribution in [0.4, 0.5) is 0 Å². The van der Waals surface area contributed by atoms with Crippen molar-refractivity contribution >= 4 is 65.9 Å². The Morgan fingerprint density at radius 1 is 0.561 bits per heavy atom. The molecule has 192 valence electrons. The van der Waals surface area contributed by atoms with Gasteiger partial charge in [-0.3, -0.25) is 4.57 Å². The van der Waals surface area contributed by atoms with E-state index in [0.717, 1.165) is 39.3 Å². The van der Waals surface area contributed by atoms with Crippen molar-refractivity contribution in [3.05, 3.63) is 132 Å². The number of hydrogen-bond donors (Lipinski definition) is 0. The Kier molecular flexibility index (Phi) is 4.74. The standard InChI is InChI=1S/C36H22N4S/c1-2-12-26-24(9-1)20-37-36-35(26)29-21-41-22-33(29)40(36)34-18-8-15-30(38-34)23-10-7-11-25(19-23)39-31-16-5-3-13-27(31)28-14-4-6-17-32(28)39/h1-22H. The monoisotopic (exact) mass is 542 g/mol. The maximum Gasteiger partial charge on any atom is 0.147 e. The van der Waals surface area contributed by atoms with Gasteiger partial charge < -0.3 is 4.57 Å². The molecule has 0 aliphatic rings. The Morgan fingerprint density at radius 2 is 1.29 bits per heavy atom. The van der Waals surface area contributed by atoms with Gasteiger partial charge in [-0.2, -0.15) is 0 Å². The van der Waals surface area contributed by atoms with Crippen LogP contribution < -0.4 is 0 Å². The summed E-state index contributed by atoms with van der Waals surface area (Å²) in [5, 5.41) is 11.7. The fraction of sp³-hybridized carbons (Fsp3) is 0. The maximum atomic E-state index is 5.21. The third-order valence-electron chi connectivity index (χ3n) is 8.09. The first kappa shape index (κ1) is 22.5. The lowest BCUT2D eigenvalue weighted by Crippen LogP contribution is -2.00. The summed E-state index contributed by atoms with van der Waals surface area (Å²) >= 11 is 1.72. The van der Waals surface area contributed by atoms with Crippen molar-refractivity contribution in [1.82, 2.24) is 19.1 Å². The molecule has 0 radical (unpaired) electrons. The smallest absolute Gasteiger partial charge is 0.147 e. The molecule has 5 heterocycles. The molecule has 5 heteroatoms. The molecule has 0 spiro atoms. The number of fused-ring (bicyclic) bond motifs is 8. The van der Waals surface area contributed by atoms with E-state index in [1.165, 1.54) is 38.0 Å². The number of pyridine rings is 2. The SMILES string of the molecule is c1cc(-c2cccc(-n3c4cscc4c4c5ccccc5cnc43)n2)cc(-n2c3ccccc3c3ccccc32)c1. The van der Waals surface area contributed by atoms with Crippen molar-refractivity contribution in [2.75, 3.05) is 0 Å². The largest absolute Gasteiger partial charge is 0.309 e. The molecule has 0 N–H and O–H groups in total. The van der Waals surface area contributed by atoms with E-state index < -0.39 is 0 Å².